The second-order valence-corrected chi connectivity index (χ2v) is 4.16. The summed E-state index contributed by atoms with van der Waals surface area (Å²) in [6.45, 7) is 9.91. The third kappa shape index (κ3) is 5.50. The molecule has 0 rings (SSSR count). The molecule has 0 N–H and O–H groups in total. The topological polar surface area (TPSA) is 29.5 Å². The van der Waals surface area contributed by atoms with Crippen LogP contribution in [-0.4, -0.2) is 31.2 Å². The Kier molecular flexibility index (Phi) is 5.51. The van der Waals surface area contributed by atoms with Gasteiger partial charge in [0.15, 0.2) is 0 Å². The van der Waals surface area contributed by atoms with Gasteiger partial charge in [0.2, 0.25) is 0 Å². The van der Waals surface area contributed by atoms with E-state index in [-0.39, 0.29) is 6.09 Å². The predicted molar refractivity (Wildman–Crippen MR) is 53.7 cm³/mol. The summed E-state index contributed by atoms with van der Waals surface area (Å²) in [6.07, 6.45) is -0.220. The standard InChI is InChI=1S/C10H21NO2/c1-8(2)6-11(7-9(3)4)10(12)13-5/h8-9H,6-7H2,1-5H3. The molecule has 0 spiro atoms. The molecular formula is C10H21NO2. The Morgan fingerprint density at radius 3 is 1.77 bits per heavy atom. The van der Waals surface area contributed by atoms with Crippen LogP contribution in [0.2, 0.25) is 0 Å². The second kappa shape index (κ2) is 5.84. The van der Waals surface area contributed by atoms with E-state index in [1.165, 1.54) is 7.11 Å². The molecule has 0 aliphatic carbocycles. The molecule has 78 valence electrons. The number of carbonyl (C=O) groups excluding carboxylic acids is 1. The van der Waals surface area contributed by atoms with E-state index in [1.54, 1.807) is 4.90 Å². The first kappa shape index (κ1) is 12.3. The number of amides is 1. The van der Waals surface area contributed by atoms with E-state index in [1.807, 2.05) is 0 Å². The molecule has 0 fully saturated rings. The Morgan fingerprint density at radius 2 is 1.54 bits per heavy atom. The minimum absolute atomic E-state index is 0.220. The van der Waals surface area contributed by atoms with E-state index in [4.69, 9.17) is 4.74 Å². The lowest BCUT2D eigenvalue weighted by Gasteiger charge is -2.24. The summed E-state index contributed by atoms with van der Waals surface area (Å²) in [5, 5.41) is 0. The van der Waals surface area contributed by atoms with Gasteiger partial charge in [-0.3, -0.25) is 0 Å². The fourth-order valence-electron chi connectivity index (χ4n) is 1.23. The van der Waals surface area contributed by atoms with Crippen molar-refractivity contribution in [3.63, 3.8) is 0 Å². The SMILES string of the molecule is COC(=O)N(CC(C)C)CC(C)C. The Labute approximate surface area is 81.1 Å². The zero-order valence-corrected chi connectivity index (χ0v) is 9.33. The van der Waals surface area contributed by atoms with Crippen molar-refractivity contribution in [1.82, 2.24) is 4.90 Å². The Balaban J connectivity index is 4.10. The first-order valence-corrected chi connectivity index (χ1v) is 4.80. The molecule has 0 heterocycles. The third-order valence-corrected chi connectivity index (χ3v) is 1.60. The van der Waals surface area contributed by atoms with Gasteiger partial charge in [0.25, 0.3) is 0 Å². The number of hydrogen-bond donors (Lipinski definition) is 0. The number of nitrogens with zero attached hydrogens (tertiary/aromatic N) is 1. The lowest BCUT2D eigenvalue weighted by molar-refractivity contribution is 0.113. The van der Waals surface area contributed by atoms with E-state index >= 15 is 0 Å². The first-order chi connectivity index (χ1) is 5.97. The average Bonchev–Trinajstić information content (AvgIpc) is 2.00. The smallest absolute Gasteiger partial charge is 0.409 e. The van der Waals surface area contributed by atoms with Crippen LogP contribution in [-0.2, 0) is 4.74 Å². The van der Waals surface area contributed by atoms with Gasteiger partial charge in [-0.25, -0.2) is 4.79 Å². The summed E-state index contributed by atoms with van der Waals surface area (Å²) >= 11 is 0. The quantitative estimate of drug-likeness (QED) is 0.676. The average molecular weight is 187 g/mol. The molecule has 0 aromatic heterocycles. The second-order valence-electron chi connectivity index (χ2n) is 4.16. The van der Waals surface area contributed by atoms with Gasteiger partial charge >= 0.3 is 6.09 Å². The van der Waals surface area contributed by atoms with Crippen molar-refractivity contribution < 1.29 is 9.53 Å². The highest BCUT2D eigenvalue weighted by Gasteiger charge is 2.15. The van der Waals surface area contributed by atoms with Crippen molar-refractivity contribution in [2.75, 3.05) is 20.2 Å². The van der Waals surface area contributed by atoms with Crippen LogP contribution < -0.4 is 0 Å². The highest BCUT2D eigenvalue weighted by atomic mass is 16.5. The number of hydrogen-bond acceptors (Lipinski definition) is 2. The molecule has 0 aromatic carbocycles. The summed E-state index contributed by atoms with van der Waals surface area (Å²) in [5.41, 5.74) is 0. The molecule has 0 saturated heterocycles. The molecule has 0 saturated carbocycles. The zero-order valence-electron chi connectivity index (χ0n) is 9.33. The molecule has 0 radical (unpaired) electrons. The van der Waals surface area contributed by atoms with Gasteiger partial charge in [0, 0.05) is 13.1 Å². The van der Waals surface area contributed by atoms with Crippen molar-refractivity contribution in [3.8, 4) is 0 Å². The van der Waals surface area contributed by atoms with Crippen LogP contribution >= 0.6 is 0 Å². The monoisotopic (exact) mass is 187 g/mol. The maximum absolute atomic E-state index is 11.3. The highest BCUT2D eigenvalue weighted by Crippen LogP contribution is 2.05. The summed E-state index contributed by atoms with van der Waals surface area (Å²) in [6, 6.07) is 0. The van der Waals surface area contributed by atoms with Gasteiger partial charge in [-0.15, -0.1) is 0 Å². The zero-order chi connectivity index (χ0) is 10.4. The molecule has 3 heteroatoms. The fraction of sp³-hybridized carbons (Fsp3) is 0.900. The summed E-state index contributed by atoms with van der Waals surface area (Å²) in [5.74, 6) is 0.968. The van der Waals surface area contributed by atoms with Crippen molar-refractivity contribution >= 4 is 6.09 Å². The van der Waals surface area contributed by atoms with Crippen LogP contribution in [0.15, 0.2) is 0 Å². The molecule has 0 aliphatic rings. The molecule has 0 bridgehead atoms. The van der Waals surface area contributed by atoms with Gasteiger partial charge < -0.3 is 9.64 Å². The van der Waals surface area contributed by atoms with Crippen molar-refractivity contribution in [2.24, 2.45) is 11.8 Å². The molecule has 0 unspecified atom stereocenters. The van der Waals surface area contributed by atoms with Crippen LogP contribution in [0.3, 0.4) is 0 Å². The largest absolute Gasteiger partial charge is 0.453 e. The van der Waals surface area contributed by atoms with E-state index in [0.717, 1.165) is 13.1 Å². The molecule has 3 nitrogen and oxygen atoms in total. The van der Waals surface area contributed by atoms with Crippen molar-refractivity contribution in [3.05, 3.63) is 0 Å². The third-order valence-electron chi connectivity index (χ3n) is 1.60. The summed E-state index contributed by atoms with van der Waals surface area (Å²) in [4.78, 5) is 13.0. The van der Waals surface area contributed by atoms with Gasteiger partial charge in [-0.1, -0.05) is 27.7 Å². The first-order valence-electron chi connectivity index (χ1n) is 4.80. The van der Waals surface area contributed by atoms with E-state index in [2.05, 4.69) is 27.7 Å². The molecule has 1 amide bonds. The van der Waals surface area contributed by atoms with Gasteiger partial charge in [-0.2, -0.15) is 0 Å². The van der Waals surface area contributed by atoms with Gasteiger partial charge in [-0.05, 0) is 11.8 Å². The maximum atomic E-state index is 11.3. The van der Waals surface area contributed by atoms with Crippen LogP contribution in [0.1, 0.15) is 27.7 Å². The number of carbonyl (C=O) groups is 1. The van der Waals surface area contributed by atoms with E-state index in [0.29, 0.717) is 11.8 Å². The normalized spacial score (nSPS) is 10.7. The number of ether oxygens (including phenoxy) is 1. The lowest BCUT2D eigenvalue weighted by atomic mass is 10.1. The van der Waals surface area contributed by atoms with Gasteiger partial charge in [0.1, 0.15) is 0 Å². The number of rotatable bonds is 4. The minimum atomic E-state index is -0.220. The van der Waals surface area contributed by atoms with E-state index in [9.17, 15) is 4.79 Å². The van der Waals surface area contributed by atoms with E-state index < -0.39 is 0 Å². The molecule has 0 aliphatic heterocycles. The highest BCUT2D eigenvalue weighted by molar-refractivity contribution is 5.67. The lowest BCUT2D eigenvalue weighted by Crippen LogP contribution is -2.36. The fourth-order valence-corrected chi connectivity index (χ4v) is 1.23. The molecule has 0 atom stereocenters. The van der Waals surface area contributed by atoms with Crippen LogP contribution in [0, 0.1) is 11.8 Å². The predicted octanol–water partition coefficient (Wildman–Crippen LogP) is 2.37. The molecular weight excluding hydrogens is 166 g/mol. The Bertz CT molecular complexity index is 145. The van der Waals surface area contributed by atoms with Crippen molar-refractivity contribution in [1.29, 1.82) is 0 Å². The van der Waals surface area contributed by atoms with Crippen LogP contribution in [0.5, 0.6) is 0 Å². The van der Waals surface area contributed by atoms with Crippen LogP contribution in [0.4, 0.5) is 4.79 Å². The number of methoxy groups -OCH3 is 1. The maximum Gasteiger partial charge on any atom is 0.409 e. The Morgan fingerprint density at radius 1 is 1.15 bits per heavy atom. The van der Waals surface area contributed by atoms with Gasteiger partial charge in [0.05, 0.1) is 7.11 Å². The minimum Gasteiger partial charge on any atom is -0.453 e. The summed E-state index contributed by atoms with van der Waals surface area (Å²) in [7, 11) is 1.43. The Hall–Kier alpha value is -0.730. The molecule has 0 aromatic rings. The van der Waals surface area contributed by atoms with Crippen LogP contribution in [0.25, 0.3) is 0 Å². The van der Waals surface area contributed by atoms with Crippen molar-refractivity contribution in [2.45, 2.75) is 27.7 Å². The summed E-state index contributed by atoms with van der Waals surface area (Å²) < 4.78 is 4.70. The molecule has 13 heavy (non-hydrogen) atoms.